The zero-order valence-electron chi connectivity index (χ0n) is 13.0. The number of hydrogen-bond donors (Lipinski definition) is 2. The summed E-state index contributed by atoms with van der Waals surface area (Å²) in [5.41, 5.74) is 0.814. The molecule has 0 aliphatic heterocycles. The van der Waals surface area contributed by atoms with Gasteiger partial charge in [0.25, 0.3) is 0 Å². The van der Waals surface area contributed by atoms with Crippen LogP contribution in [-0.2, 0) is 6.18 Å². The van der Waals surface area contributed by atoms with Gasteiger partial charge in [-0.15, -0.1) is 0 Å². The molecule has 2 unspecified atom stereocenters. The maximum Gasteiger partial charge on any atom is 0.416 e. The van der Waals surface area contributed by atoms with E-state index in [-0.39, 0.29) is 18.2 Å². The van der Waals surface area contributed by atoms with Gasteiger partial charge in [0.15, 0.2) is 0 Å². The number of aliphatic hydroxyl groups excluding tert-OH is 1. The lowest BCUT2D eigenvalue weighted by atomic mass is 10.0. The van der Waals surface area contributed by atoms with E-state index in [0.29, 0.717) is 5.56 Å². The van der Waals surface area contributed by atoms with Crippen LogP contribution in [0.15, 0.2) is 48.5 Å². The molecular formula is C18H17F3N2O. The monoisotopic (exact) mass is 334 g/mol. The Bertz CT molecular complexity index is 738. The van der Waals surface area contributed by atoms with Crippen molar-refractivity contribution in [3.8, 4) is 6.07 Å². The fraction of sp³-hybridized carbons (Fsp3) is 0.278. The highest BCUT2D eigenvalue weighted by Gasteiger charge is 2.30. The van der Waals surface area contributed by atoms with E-state index in [4.69, 9.17) is 5.26 Å². The van der Waals surface area contributed by atoms with Crippen molar-refractivity contribution in [1.29, 1.82) is 5.26 Å². The molecular weight excluding hydrogens is 317 g/mol. The van der Waals surface area contributed by atoms with E-state index in [1.54, 1.807) is 18.2 Å². The van der Waals surface area contributed by atoms with Crippen LogP contribution in [0.25, 0.3) is 0 Å². The van der Waals surface area contributed by atoms with Gasteiger partial charge in [-0.1, -0.05) is 24.3 Å². The molecule has 2 aromatic rings. The van der Waals surface area contributed by atoms with E-state index < -0.39 is 17.8 Å². The standard InChI is InChI=1S/C18H17F3N2O/c1-12(14-5-2-4-13(8-14)10-22)23-11-17(24)15-6-3-7-16(9-15)18(19,20)21/h2-9,12,17,23-24H,11H2,1H3. The fourth-order valence-corrected chi connectivity index (χ4v) is 2.32. The van der Waals surface area contributed by atoms with Crippen molar-refractivity contribution in [2.45, 2.75) is 25.2 Å². The predicted molar refractivity (Wildman–Crippen MR) is 84.0 cm³/mol. The molecule has 0 saturated carbocycles. The Hall–Kier alpha value is -2.36. The van der Waals surface area contributed by atoms with Crippen molar-refractivity contribution >= 4 is 0 Å². The highest BCUT2D eigenvalue weighted by molar-refractivity contribution is 5.34. The van der Waals surface area contributed by atoms with Crippen molar-refractivity contribution in [3.63, 3.8) is 0 Å². The van der Waals surface area contributed by atoms with Crippen LogP contribution < -0.4 is 5.32 Å². The molecule has 6 heteroatoms. The smallest absolute Gasteiger partial charge is 0.387 e. The first-order valence-corrected chi connectivity index (χ1v) is 7.40. The van der Waals surface area contributed by atoms with Gasteiger partial charge >= 0.3 is 6.18 Å². The number of nitriles is 1. The van der Waals surface area contributed by atoms with Gasteiger partial charge < -0.3 is 10.4 Å². The molecule has 2 atom stereocenters. The summed E-state index contributed by atoms with van der Waals surface area (Å²) in [6.07, 6.45) is -5.50. The predicted octanol–water partition coefficient (Wildman–Crippen LogP) is 3.96. The van der Waals surface area contributed by atoms with Crippen LogP contribution in [-0.4, -0.2) is 11.7 Å². The minimum Gasteiger partial charge on any atom is -0.387 e. The summed E-state index contributed by atoms with van der Waals surface area (Å²) in [5, 5.41) is 22.1. The summed E-state index contributed by atoms with van der Waals surface area (Å²) in [6.45, 7) is 1.95. The molecule has 0 aliphatic rings. The number of benzene rings is 2. The molecule has 0 bridgehead atoms. The third-order valence-electron chi connectivity index (χ3n) is 3.73. The van der Waals surface area contributed by atoms with Crippen molar-refractivity contribution < 1.29 is 18.3 Å². The molecule has 0 saturated heterocycles. The Kier molecular flexibility index (Phi) is 5.60. The maximum absolute atomic E-state index is 12.7. The van der Waals surface area contributed by atoms with Crippen LogP contribution in [0, 0.1) is 11.3 Å². The maximum atomic E-state index is 12.7. The second-order valence-electron chi connectivity index (χ2n) is 5.51. The third kappa shape index (κ3) is 4.57. The molecule has 2 rings (SSSR count). The number of hydrogen-bond acceptors (Lipinski definition) is 3. The van der Waals surface area contributed by atoms with Gasteiger partial charge in [0.05, 0.1) is 23.3 Å². The summed E-state index contributed by atoms with van der Waals surface area (Å²) in [6, 6.07) is 13.6. The van der Waals surface area contributed by atoms with Crippen LogP contribution in [0.2, 0.25) is 0 Å². The van der Waals surface area contributed by atoms with Gasteiger partial charge in [-0.3, -0.25) is 0 Å². The van der Waals surface area contributed by atoms with Crippen molar-refractivity contribution in [3.05, 3.63) is 70.8 Å². The van der Waals surface area contributed by atoms with Crippen molar-refractivity contribution in [2.75, 3.05) is 6.54 Å². The molecule has 0 aromatic heterocycles. The first kappa shape index (κ1) is 18.0. The number of rotatable bonds is 5. The van der Waals surface area contributed by atoms with Gasteiger partial charge in [0.2, 0.25) is 0 Å². The Balaban J connectivity index is 2.02. The highest BCUT2D eigenvalue weighted by atomic mass is 19.4. The average Bonchev–Trinajstić information content (AvgIpc) is 2.58. The summed E-state index contributed by atoms with van der Waals surface area (Å²) < 4.78 is 38.1. The Morgan fingerprint density at radius 2 is 1.79 bits per heavy atom. The topological polar surface area (TPSA) is 56.0 Å². The first-order valence-electron chi connectivity index (χ1n) is 7.40. The van der Waals surface area contributed by atoms with E-state index in [1.165, 1.54) is 12.1 Å². The number of aliphatic hydroxyl groups is 1. The summed E-state index contributed by atoms with van der Waals surface area (Å²) >= 11 is 0. The second-order valence-corrected chi connectivity index (χ2v) is 5.51. The normalized spacial score (nSPS) is 14.0. The average molecular weight is 334 g/mol. The van der Waals surface area contributed by atoms with Crippen LogP contribution in [0.1, 0.15) is 41.3 Å². The van der Waals surface area contributed by atoms with Crippen LogP contribution >= 0.6 is 0 Å². The third-order valence-corrected chi connectivity index (χ3v) is 3.73. The minimum absolute atomic E-state index is 0.0965. The molecule has 0 aliphatic carbocycles. The van der Waals surface area contributed by atoms with Gasteiger partial charge in [0.1, 0.15) is 0 Å². The molecule has 2 N–H and O–H groups in total. The molecule has 3 nitrogen and oxygen atoms in total. The minimum atomic E-state index is -4.44. The SMILES string of the molecule is CC(NCC(O)c1cccc(C(F)(F)F)c1)c1cccc(C#N)c1. The van der Waals surface area contributed by atoms with E-state index >= 15 is 0 Å². The number of nitrogens with one attached hydrogen (secondary N) is 1. The molecule has 2 aromatic carbocycles. The first-order chi connectivity index (χ1) is 11.3. The molecule has 24 heavy (non-hydrogen) atoms. The summed E-state index contributed by atoms with van der Waals surface area (Å²) in [7, 11) is 0. The van der Waals surface area contributed by atoms with E-state index in [9.17, 15) is 18.3 Å². The zero-order valence-corrected chi connectivity index (χ0v) is 13.0. The van der Waals surface area contributed by atoms with Gasteiger partial charge in [-0.2, -0.15) is 18.4 Å². The Morgan fingerprint density at radius 1 is 1.12 bits per heavy atom. The van der Waals surface area contributed by atoms with Crippen molar-refractivity contribution in [1.82, 2.24) is 5.32 Å². The number of nitrogens with zero attached hydrogens (tertiary/aromatic N) is 1. The van der Waals surface area contributed by atoms with Crippen LogP contribution in [0.4, 0.5) is 13.2 Å². The van der Waals surface area contributed by atoms with Crippen LogP contribution in [0.5, 0.6) is 0 Å². The summed E-state index contributed by atoms with van der Waals surface area (Å²) in [5.74, 6) is 0. The Morgan fingerprint density at radius 3 is 2.46 bits per heavy atom. The molecule has 0 amide bonds. The highest BCUT2D eigenvalue weighted by Crippen LogP contribution is 2.30. The molecule has 0 spiro atoms. The van der Waals surface area contributed by atoms with E-state index in [2.05, 4.69) is 5.32 Å². The largest absolute Gasteiger partial charge is 0.416 e. The Labute approximate surface area is 138 Å². The molecule has 0 radical (unpaired) electrons. The van der Waals surface area contributed by atoms with E-state index in [1.807, 2.05) is 19.1 Å². The molecule has 126 valence electrons. The van der Waals surface area contributed by atoms with Crippen molar-refractivity contribution in [2.24, 2.45) is 0 Å². The van der Waals surface area contributed by atoms with Crippen LogP contribution in [0.3, 0.4) is 0 Å². The lowest BCUT2D eigenvalue weighted by molar-refractivity contribution is -0.137. The summed E-state index contributed by atoms with van der Waals surface area (Å²) in [4.78, 5) is 0. The quantitative estimate of drug-likeness (QED) is 0.870. The van der Waals surface area contributed by atoms with Gasteiger partial charge in [-0.05, 0) is 42.3 Å². The number of alkyl halides is 3. The lowest BCUT2D eigenvalue weighted by Crippen LogP contribution is -2.25. The van der Waals surface area contributed by atoms with E-state index in [0.717, 1.165) is 17.7 Å². The molecule has 0 heterocycles. The zero-order chi connectivity index (χ0) is 17.7. The fourth-order valence-electron chi connectivity index (χ4n) is 2.32. The second kappa shape index (κ2) is 7.47. The number of halogens is 3. The van der Waals surface area contributed by atoms with Gasteiger partial charge in [-0.25, -0.2) is 0 Å². The lowest BCUT2D eigenvalue weighted by Gasteiger charge is -2.18. The van der Waals surface area contributed by atoms with Gasteiger partial charge in [0, 0.05) is 12.6 Å². The molecule has 0 fully saturated rings.